The molecule has 2 amide bonds. The normalized spacial score (nSPS) is 10.9. The van der Waals surface area contributed by atoms with Crippen molar-refractivity contribution >= 4 is 23.2 Å². The molecule has 0 aliphatic rings. The van der Waals surface area contributed by atoms with Gasteiger partial charge in [-0.15, -0.1) is 0 Å². The second kappa shape index (κ2) is 9.23. The molecule has 0 spiro atoms. The van der Waals surface area contributed by atoms with E-state index in [1.165, 1.54) is 26.4 Å². The van der Waals surface area contributed by atoms with E-state index in [0.717, 1.165) is 0 Å². The standard InChI is InChI=1S/C19H21N3O5/c1-12(21-22-19(25)16-6-4-5-7-17(16)23)8-18(24)20-13-9-14(26-2)11-15(10-13)27-3/h4-7,9-11,23H,8H2,1-3H3,(H,20,24)(H,22,25)/b21-12+. The number of hydrogen-bond donors (Lipinski definition) is 3. The summed E-state index contributed by atoms with van der Waals surface area (Å²) in [5.41, 5.74) is 3.32. The molecule has 2 aromatic carbocycles. The summed E-state index contributed by atoms with van der Waals surface area (Å²) in [4.78, 5) is 24.1. The van der Waals surface area contributed by atoms with Crippen LogP contribution in [0, 0.1) is 0 Å². The number of hydrazone groups is 1. The molecule has 0 heterocycles. The molecule has 0 aliphatic carbocycles. The number of nitrogens with zero attached hydrogens (tertiary/aromatic N) is 1. The van der Waals surface area contributed by atoms with E-state index in [-0.39, 0.29) is 23.6 Å². The van der Waals surface area contributed by atoms with Crippen LogP contribution in [0.2, 0.25) is 0 Å². The molecule has 0 bridgehead atoms. The zero-order valence-electron chi connectivity index (χ0n) is 15.3. The summed E-state index contributed by atoms with van der Waals surface area (Å²) in [5.74, 6) is 0.0660. The first-order valence-electron chi connectivity index (χ1n) is 8.07. The predicted octanol–water partition coefficient (Wildman–Crippen LogP) is 2.54. The van der Waals surface area contributed by atoms with Gasteiger partial charge in [0.1, 0.15) is 17.2 Å². The van der Waals surface area contributed by atoms with Gasteiger partial charge in [0, 0.05) is 29.6 Å². The Morgan fingerprint density at radius 2 is 1.70 bits per heavy atom. The lowest BCUT2D eigenvalue weighted by atomic mass is 10.2. The second-order valence-corrected chi connectivity index (χ2v) is 5.63. The van der Waals surface area contributed by atoms with Gasteiger partial charge in [-0.1, -0.05) is 12.1 Å². The summed E-state index contributed by atoms with van der Waals surface area (Å²) in [6.07, 6.45) is -0.0272. The van der Waals surface area contributed by atoms with Crippen LogP contribution < -0.4 is 20.2 Å². The summed E-state index contributed by atoms with van der Waals surface area (Å²) in [7, 11) is 3.04. The number of hydrogen-bond acceptors (Lipinski definition) is 6. The fraction of sp³-hybridized carbons (Fsp3) is 0.211. The van der Waals surface area contributed by atoms with Gasteiger partial charge in [0.2, 0.25) is 5.91 Å². The van der Waals surface area contributed by atoms with Crippen molar-refractivity contribution in [2.45, 2.75) is 13.3 Å². The van der Waals surface area contributed by atoms with Crippen molar-refractivity contribution in [3.8, 4) is 17.2 Å². The highest BCUT2D eigenvalue weighted by Crippen LogP contribution is 2.25. The van der Waals surface area contributed by atoms with Gasteiger partial charge in [0.15, 0.2) is 0 Å². The van der Waals surface area contributed by atoms with Crippen molar-refractivity contribution in [2.75, 3.05) is 19.5 Å². The number of phenolic OH excluding ortho intramolecular Hbond substituents is 1. The highest BCUT2D eigenvalue weighted by molar-refractivity contribution is 6.06. The summed E-state index contributed by atoms with van der Waals surface area (Å²) in [5, 5.41) is 16.3. The van der Waals surface area contributed by atoms with Crippen LogP contribution in [0.5, 0.6) is 17.2 Å². The third-order valence-corrected chi connectivity index (χ3v) is 3.55. The smallest absolute Gasteiger partial charge is 0.275 e. The molecular weight excluding hydrogens is 350 g/mol. The van der Waals surface area contributed by atoms with Crippen molar-refractivity contribution in [3.05, 3.63) is 48.0 Å². The number of aromatic hydroxyl groups is 1. The first-order valence-corrected chi connectivity index (χ1v) is 8.07. The fourth-order valence-electron chi connectivity index (χ4n) is 2.23. The average molecular weight is 371 g/mol. The average Bonchev–Trinajstić information content (AvgIpc) is 2.65. The van der Waals surface area contributed by atoms with Crippen LogP contribution in [0.25, 0.3) is 0 Å². The number of benzene rings is 2. The van der Waals surface area contributed by atoms with Gasteiger partial charge in [0.25, 0.3) is 5.91 Å². The van der Waals surface area contributed by atoms with E-state index in [9.17, 15) is 14.7 Å². The van der Waals surface area contributed by atoms with Crippen LogP contribution in [0.15, 0.2) is 47.6 Å². The summed E-state index contributed by atoms with van der Waals surface area (Å²) in [6, 6.07) is 11.1. The number of para-hydroxylation sites is 1. The highest BCUT2D eigenvalue weighted by Gasteiger charge is 2.11. The van der Waals surface area contributed by atoms with E-state index in [1.54, 1.807) is 37.3 Å². The maximum Gasteiger partial charge on any atom is 0.275 e. The molecule has 0 aliphatic heterocycles. The largest absolute Gasteiger partial charge is 0.507 e. The number of phenols is 1. The number of methoxy groups -OCH3 is 2. The molecular formula is C19H21N3O5. The number of carbonyl (C=O) groups excluding carboxylic acids is 2. The molecule has 0 unspecified atom stereocenters. The van der Waals surface area contributed by atoms with E-state index in [4.69, 9.17) is 9.47 Å². The van der Waals surface area contributed by atoms with Gasteiger partial charge in [-0.25, -0.2) is 5.43 Å². The van der Waals surface area contributed by atoms with Crippen molar-refractivity contribution < 1.29 is 24.2 Å². The predicted molar refractivity (Wildman–Crippen MR) is 101 cm³/mol. The lowest BCUT2D eigenvalue weighted by Gasteiger charge is -2.10. The van der Waals surface area contributed by atoms with Crippen molar-refractivity contribution in [1.82, 2.24) is 5.43 Å². The van der Waals surface area contributed by atoms with Crippen LogP contribution >= 0.6 is 0 Å². The Balaban J connectivity index is 1.96. The minimum atomic E-state index is -0.564. The zero-order valence-corrected chi connectivity index (χ0v) is 15.3. The van der Waals surface area contributed by atoms with Crippen LogP contribution in [0.1, 0.15) is 23.7 Å². The third kappa shape index (κ3) is 5.74. The molecule has 8 heteroatoms. The maximum absolute atomic E-state index is 12.2. The molecule has 2 rings (SSSR count). The Hall–Kier alpha value is -3.55. The van der Waals surface area contributed by atoms with Gasteiger partial charge in [-0.3, -0.25) is 9.59 Å². The van der Waals surface area contributed by atoms with Crippen LogP contribution in [0.4, 0.5) is 5.69 Å². The molecule has 0 saturated carbocycles. The molecule has 0 radical (unpaired) electrons. The third-order valence-electron chi connectivity index (χ3n) is 3.55. The monoisotopic (exact) mass is 371 g/mol. The summed E-state index contributed by atoms with van der Waals surface area (Å²) >= 11 is 0. The Morgan fingerprint density at radius 1 is 1.07 bits per heavy atom. The van der Waals surface area contributed by atoms with E-state index < -0.39 is 5.91 Å². The number of nitrogens with one attached hydrogen (secondary N) is 2. The Labute approximate surface area is 156 Å². The van der Waals surface area contributed by atoms with E-state index in [0.29, 0.717) is 22.9 Å². The molecule has 142 valence electrons. The van der Waals surface area contributed by atoms with Crippen LogP contribution in [-0.2, 0) is 4.79 Å². The number of ether oxygens (including phenoxy) is 2. The van der Waals surface area contributed by atoms with Crippen molar-refractivity contribution in [2.24, 2.45) is 5.10 Å². The summed E-state index contributed by atoms with van der Waals surface area (Å²) in [6.45, 7) is 1.61. The molecule has 2 aromatic rings. The van der Waals surface area contributed by atoms with Crippen LogP contribution in [0.3, 0.4) is 0 Å². The molecule has 0 atom stereocenters. The van der Waals surface area contributed by atoms with Gasteiger partial charge in [-0.2, -0.15) is 5.10 Å². The Kier molecular flexibility index (Phi) is 6.76. The van der Waals surface area contributed by atoms with Crippen molar-refractivity contribution in [1.29, 1.82) is 0 Å². The molecule has 27 heavy (non-hydrogen) atoms. The summed E-state index contributed by atoms with van der Waals surface area (Å²) < 4.78 is 10.3. The fourth-order valence-corrected chi connectivity index (χ4v) is 2.23. The number of amides is 2. The van der Waals surface area contributed by atoms with E-state index in [1.807, 2.05) is 0 Å². The molecule has 0 fully saturated rings. The van der Waals surface area contributed by atoms with E-state index >= 15 is 0 Å². The first-order chi connectivity index (χ1) is 12.9. The Morgan fingerprint density at radius 3 is 2.30 bits per heavy atom. The zero-order chi connectivity index (χ0) is 19.8. The highest BCUT2D eigenvalue weighted by atomic mass is 16.5. The number of anilines is 1. The molecule has 0 aromatic heterocycles. The lowest BCUT2D eigenvalue weighted by molar-refractivity contribution is -0.115. The quantitative estimate of drug-likeness (QED) is 0.512. The van der Waals surface area contributed by atoms with Gasteiger partial charge >= 0.3 is 0 Å². The van der Waals surface area contributed by atoms with Gasteiger partial charge in [-0.05, 0) is 19.1 Å². The minimum Gasteiger partial charge on any atom is -0.507 e. The van der Waals surface area contributed by atoms with E-state index in [2.05, 4.69) is 15.8 Å². The van der Waals surface area contributed by atoms with Crippen LogP contribution in [-0.4, -0.2) is 36.9 Å². The number of carbonyl (C=O) groups is 2. The number of rotatable bonds is 7. The lowest BCUT2D eigenvalue weighted by Crippen LogP contribution is -2.21. The molecule has 3 N–H and O–H groups in total. The second-order valence-electron chi connectivity index (χ2n) is 5.63. The molecule has 0 saturated heterocycles. The minimum absolute atomic E-state index is 0.0272. The Bertz CT molecular complexity index is 842. The van der Waals surface area contributed by atoms with Gasteiger partial charge < -0.3 is 19.9 Å². The topological polar surface area (TPSA) is 109 Å². The first kappa shape index (κ1) is 19.8. The van der Waals surface area contributed by atoms with Gasteiger partial charge in [0.05, 0.1) is 26.2 Å². The molecule has 8 nitrogen and oxygen atoms in total. The SMILES string of the molecule is COc1cc(NC(=O)C/C(C)=N/NC(=O)c2ccccc2O)cc(OC)c1. The maximum atomic E-state index is 12.2. The van der Waals surface area contributed by atoms with Crippen molar-refractivity contribution in [3.63, 3.8) is 0 Å².